The highest BCUT2D eigenvalue weighted by Crippen LogP contribution is 2.42. The zero-order valence-electron chi connectivity index (χ0n) is 11.8. The molecular weight excluding hydrogens is 314 g/mol. The largest absolute Gasteiger partial charge is 0.423 e. The summed E-state index contributed by atoms with van der Waals surface area (Å²) >= 11 is 0.955. The molecule has 0 fully saturated rings. The van der Waals surface area contributed by atoms with E-state index in [1.54, 1.807) is 0 Å². The average Bonchev–Trinajstić information content (AvgIpc) is 2.48. The van der Waals surface area contributed by atoms with Crippen LogP contribution in [0.25, 0.3) is 0 Å². The molecule has 0 saturated heterocycles. The number of hydrogen-bond donors (Lipinski definition) is 5. The minimum atomic E-state index is -0.592. The lowest BCUT2D eigenvalue weighted by Gasteiger charge is -2.15. The van der Waals surface area contributed by atoms with Crippen molar-refractivity contribution in [3.8, 4) is 5.75 Å². The van der Waals surface area contributed by atoms with E-state index in [0.717, 1.165) is 12.0 Å². The molecule has 22 heavy (non-hydrogen) atoms. The van der Waals surface area contributed by atoms with Gasteiger partial charge in [0.15, 0.2) is 5.75 Å². The molecule has 0 aromatic heterocycles. The van der Waals surface area contributed by atoms with Gasteiger partial charge in [-0.05, 0) is 6.07 Å². The van der Waals surface area contributed by atoms with Gasteiger partial charge in [-0.1, -0.05) is 0 Å². The Labute approximate surface area is 131 Å². The summed E-state index contributed by atoms with van der Waals surface area (Å²) in [7, 11) is 0. The molecule has 0 amide bonds. The molecule has 0 spiro atoms. The van der Waals surface area contributed by atoms with Gasteiger partial charge in [-0.2, -0.15) is 0 Å². The predicted molar refractivity (Wildman–Crippen MR) is 84.0 cm³/mol. The molecule has 1 aromatic carbocycles. The maximum Gasteiger partial charge on any atom is 0.297 e. The van der Waals surface area contributed by atoms with Crippen molar-refractivity contribution < 1.29 is 24.4 Å². The van der Waals surface area contributed by atoms with Crippen LogP contribution in [0.15, 0.2) is 6.07 Å². The van der Waals surface area contributed by atoms with E-state index in [9.17, 15) is 10.1 Å². The highest BCUT2D eigenvalue weighted by molar-refractivity contribution is 7.95. The standard InChI is InChI=1S/C12H19N3O6S/c13-10-9(21-22-6-5-18)7-8(1-3-16)12(15(19)20)11(10)14-2-4-17/h7,14,16-18H,1-6,13H2. The minimum absolute atomic E-state index is 0.0345. The highest BCUT2D eigenvalue weighted by atomic mass is 32.2. The zero-order valence-corrected chi connectivity index (χ0v) is 12.6. The molecule has 10 heteroatoms. The van der Waals surface area contributed by atoms with Gasteiger partial charge in [0.25, 0.3) is 5.69 Å². The van der Waals surface area contributed by atoms with Crippen LogP contribution >= 0.6 is 12.0 Å². The lowest BCUT2D eigenvalue weighted by atomic mass is 10.1. The Morgan fingerprint density at radius 3 is 2.59 bits per heavy atom. The first kappa shape index (κ1) is 18.3. The van der Waals surface area contributed by atoms with Crippen LogP contribution in [0.1, 0.15) is 5.56 Å². The van der Waals surface area contributed by atoms with E-state index in [1.807, 2.05) is 0 Å². The monoisotopic (exact) mass is 333 g/mol. The summed E-state index contributed by atoms with van der Waals surface area (Å²) in [4.78, 5) is 10.7. The second kappa shape index (κ2) is 9.30. The first-order valence-corrected chi connectivity index (χ1v) is 7.43. The first-order valence-electron chi connectivity index (χ1n) is 6.52. The van der Waals surface area contributed by atoms with Gasteiger partial charge < -0.3 is 30.6 Å². The molecule has 1 aromatic rings. The molecule has 0 bridgehead atoms. The molecule has 9 nitrogen and oxygen atoms in total. The Balaban J connectivity index is 3.29. The fourth-order valence-corrected chi connectivity index (χ4v) is 2.23. The van der Waals surface area contributed by atoms with E-state index in [1.165, 1.54) is 6.07 Å². The van der Waals surface area contributed by atoms with Gasteiger partial charge in [0, 0.05) is 25.1 Å². The SMILES string of the molecule is Nc1c(OSCCO)cc(CCO)c([N+](=O)[O-])c1NCCO. The van der Waals surface area contributed by atoms with Crippen LogP contribution in [0.4, 0.5) is 17.1 Å². The van der Waals surface area contributed by atoms with Crippen molar-refractivity contribution >= 4 is 29.1 Å². The van der Waals surface area contributed by atoms with E-state index in [0.29, 0.717) is 5.75 Å². The van der Waals surface area contributed by atoms with E-state index < -0.39 is 4.92 Å². The van der Waals surface area contributed by atoms with Crippen molar-refractivity contribution in [1.29, 1.82) is 0 Å². The third-order valence-corrected chi connectivity index (χ3v) is 3.33. The van der Waals surface area contributed by atoms with Gasteiger partial charge in [-0.25, -0.2) is 0 Å². The van der Waals surface area contributed by atoms with Crippen LogP contribution in [0, 0.1) is 10.1 Å². The maximum absolute atomic E-state index is 11.3. The third kappa shape index (κ3) is 4.63. The maximum atomic E-state index is 11.3. The van der Waals surface area contributed by atoms with Crippen molar-refractivity contribution in [1.82, 2.24) is 0 Å². The van der Waals surface area contributed by atoms with Crippen LogP contribution in [0.5, 0.6) is 5.75 Å². The van der Waals surface area contributed by atoms with Crippen molar-refractivity contribution in [2.75, 3.05) is 43.2 Å². The number of nitro groups is 1. The fourth-order valence-electron chi connectivity index (χ4n) is 1.81. The molecule has 0 aliphatic carbocycles. The molecule has 1 rings (SSSR count). The predicted octanol–water partition coefficient (Wildman–Crippen LogP) is 0.135. The molecule has 0 aliphatic heterocycles. The Morgan fingerprint density at radius 1 is 1.32 bits per heavy atom. The number of nitrogens with two attached hydrogens (primary N) is 1. The summed E-state index contributed by atoms with van der Waals surface area (Å²) in [6.07, 6.45) is 0.0609. The van der Waals surface area contributed by atoms with Crippen molar-refractivity contribution in [2.45, 2.75) is 6.42 Å². The number of aliphatic hydroxyl groups excluding tert-OH is 3. The van der Waals surface area contributed by atoms with Gasteiger partial charge in [0.2, 0.25) is 0 Å². The molecule has 0 aliphatic rings. The Bertz CT molecular complexity index is 514. The number of nitrogens with one attached hydrogen (secondary N) is 1. The van der Waals surface area contributed by atoms with Gasteiger partial charge in [-0.3, -0.25) is 10.1 Å². The zero-order chi connectivity index (χ0) is 16.5. The summed E-state index contributed by atoms with van der Waals surface area (Å²) in [6, 6.07) is 1.40. The van der Waals surface area contributed by atoms with E-state index in [-0.39, 0.29) is 61.2 Å². The first-order chi connectivity index (χ1) is 10.6. The highest BCUT2D eigenvalue weighted by Gasteiger charge is 2.25. The minimum Gasteiger partial charge on any atom is -0.423 e. The topological polar surface area (TPSA) is 151 Å². The molecular formula is C12H19N3O6S. The number of nitrogens with zero attached hydrogens (tertiary/aromatic N) is 1. The summed E-state index contributed by atoms with van der Waals surface area (Å²) in [5.74, 6) is 0.512. The van der Waals surface area contributed by atoms with Crippen LogP contribution in [0.2, 0.25) is 0 Å². The number of nitro benzene ring substituents is 1. The summed E-state index contributed by atoms with van der Waals surface area (Å²) in [5.41, 5.74) is 5.99. The van der Waals surface area contributed by atoms with E-state index >= 15 is 0 Å². The normalized spacial score (nSPS) is 10.5. The summed E-state index contributed by atoms with van der Waals surface area (Å²) < 4.78 is 5.34. The van der Waals surface area contributed by atoms with Crippen molar-refractivity contribution in [2.24, 2.45) is 0 Å². The van der Waals surface area contributed by atoms with Gasteiger partial charge in [0.05, 0.1) is 35.9 Å². The van der Waals surface area contributed by atoms with Crippen LogP contribution in [-0.2, 0) is 6.42 Å². The Hall–Kier alpha value is -1.75. The summed E-state index contributed by atoms with van der Waals surface area (Å²) in [5, 5.41) is 40.7. The number of aliphatic hydroxyl groups is 3. The Kier molecular flexibility index (Phi) is 7.74. The van der Waals surface area contributed by atoms with E-state index in [4.69, 9.17) is 25.2 Å². The molecule has 124 valence electrons. The van der Waals surface area contributed by atoms with Crippen LogP contribution < -0.4 is 15.2 Å². The third-order valence-electron chi connectivity index (χ3n) is 2.68. The summed E-state index contributed by atoms with van der Waals surface area (Å²) in [6.45, 7) is -0.503. The average molecular weight is 333 g/mol. The number of hydrogen-bond acceptors (Lipinski definition) is 9. The lowest BCUT2D eigenvalue weighted by Crippen LogP contribution is -2.12. The molecule has 0 unspecified atom stereocenters. The smallest absolute Gasteiger partial charge is 0.297 e. The number of nitrogen functional groups attached to an aromatic ring is 1. The van der Waals surface area contributed by atoms with Gasteiger partial charge in [0.1, 0.15) is 11.4 Å². The van der Waals surface area contributed by atoms with E-state index in [2.05, 4.69) is 5.32 Å². The number of rotatable bonds is 10. The second-order valence-corrected chi connectivity index (χ2v) is 4.99. The lowest BCUT2D eigenvalue weighted by molar-refractivity contribution is -0.384. The molecule has 0 atom stereocenters. The number of anilines is 2. The van der Waals surface area contributed by atoms with Crippen molar-refractivity contribution in [3.05, 3.63) is 21.7 Å². The number of benzene rings is 1. The Morgan fingerprint density at radius 2 is 2.05 bits per heavy atom. The van der Waals surface area contributed by atoms with Crippen molar-refractivity contribution in [3.63, 3.8) is 0 Å². The molecule has 0 heterocycles. The quantitative estimate of drug-likeness (QED) is 0.132. The fraction of sp³-hybridized carbons (Fsp3) is 0.500. The molecule has 0 radical (unpaired) electrons. The molecule has 0 saturated carbocycles. The van der Waals surface area contributed by atoms with Crippen LogP contribution in [-0.4, -0.2) is 52.4 Å². The van der Waals surface area contributed by atoms with Gasteiger partial charge in [-0.15, -0.1) is 0 Å². The second-order valence-electron chi connectivity index (χ2n) is 4.18. The molecule has 6 N–H and O–H groups in total. The van der Waals surface area contributed by atoms with Gasteiger partial charge >= 0.3 is 0 Å². The van der Waals surface area contributed by atoms with Crippen LogP contribution in [0.3, 0.4) is 0 Å².